The van der Waals surface area contributed by atoms with E-state index in [2.05, 4.69) is 23.5 Å². The van der Waals surface area contributed by atoms with Crippen molar-refractivity contribution in [2.45, 2.75) is 18.8 Å². The predicted octanol–water partition coefficient (Wildman–Crippen LogP) is 3.87. The first-order chi connectivity index (χ1) is 11.2. The quantitative estimate of drug-likeness (QED) is 0.773. The van der Waals surface area contributed by atoms with Crippen molar-refractivity contribution in [2.75, 3.05) is 27.2 Å². The van der Waals surface area contributed by atoms with E-state index in [0.717, 1.165) is 36.5 Å². The molecule has 0 fully saturated rings. The fourth-order valence-corrected chi connectivity index (χ4v) is 4.23. The molecule has 1 amide bonds. The van der Waals surface area contributed by atoms with E-state index in [0.29, 0.717) is 0 Å². The first kappa shape index (κ1) is 21.9. The van der Waals surface area contributed by atoms with Crippen molar-refractivity contribution in [3.8, 4) is 0 Å². The normalized spacial score (nSPS) is 19.1. The molecule has 1 aliphatic carbocycles. The van der Waals surface area contributed by atoms with Gasteiger partial charge in [0.15, 0.2) is 0 Å². The number of amides is 1. The van der Waals surface area contributed by atoms with E-state index in [1.54, 1.807) is 11.3 Å². The van der Waals surface area contributed by atoms with Gasteiger partial charge in [0.05, 0.1) is 21.1 Å². The molecule has 0 aliphatic heterocycles. The highest BCUT2D eigenvalue weighted by atomic mass is 35.5. The maximum Gasteiger partial charge on any atom is 0.226 e. The number of hydrogen-bond donors (Lipinski definition) is 1. The molecule has 0 spiro atoms. The van der Waals surface area contributed by atoms with Gasteiger partial charge in [0.25, 0.3) is 0 Å². The molecule has 0 saturated heterocycles. The fourth-order valence-electron chi connectivity index (χ4n) is 3.08. The summed E-state index contributed by atoms with van der Waals surface area (Å²) in [6.07, 6.45) is 6.03. The van der Waals surface area contributed by atoms with Crippen LogP contribution in [0.2, 0.25) is 0 Å². The molecule has 1 N–H and O–H groups in total. The highest BCUT2D eigenvalue weighted by molar-refractivity contribution is 7.18. The zero-order chi connectivity index (χ0) is 16.2. The van der Waals surface area contributed by atoms with Crippen LogP contribution < -0.4 is 5.32 Å². The van der Waals surface area contributed by atoms with Crippen LogP contribution in [-0.4, -0.2) is 43.0 Å². The molecule has 0 radical (unpaired) electrons. The van der Waals surface area contributed by atoms with E-state index in [4.69, 9.17) is 4.98 Å². The number of nitrogens with zero attached hydrogens (tertiary/aromatic N) is 2. The second-order valence-corrected chi connectivity index (χ2v) is 7.10. The van der Waals surface area contributed by atoms with E-state index in [1.807, 2.05) is 37.2 Å². The molecule has 0 saturated carbocycles. The molecule has 25 heavy (non-hydrogen) atoms. The first-order valence-electron chi connectivity index (χ1n) is 8.10. The zero-order valence-electron chi connectivity index (χ0n) is 14.5. The molecule has 1 aliphatic rings. The average Bonchev–Trinajstić information content (AvgIpc) is 3.03. The van der Waals surface area contributed by atoms with Gasteiger partial charge in [0, 0.05) is 26.1 Å². The molecular weight excluding hydrogens is 377 g/mol. The summed E-state index contributed by atoms with van der Waals surface area (Å²) in [5.41, 5.74) is 1.04. The number of aromatic nitrogens is 1. The Kier molecular flexibility index (Phi) is 8.86. The summed E-state index contributed by atoms with van der Waals surface area (Å²) in [5, 5.41) is 4.19. The van der Waals surface area contributed by atoms with Crippen LogP contribution in [0.4, 0.5) is 0 Å². The highest BCUT2D eigenvalue weighted by Gasteiger charge is 2.33. The van der Waals surface area contributed by atoms with Gasteiger partial charge in [-0.2, -0.15) is 0 Å². The van der Waals surface area contributed by atoms with Crippen molar-refractivity contribution in [3.05, 3.63) is 41.4 Å². The average molecular weight is 402 g/mol. The van der Waals surface area contributed by atoms with Gasteiger partial charge in [-0.05, 0) is 32.0 Å². The Bertz CT molecular complexity index is 686. The molecule has 2 unspecified atom stereocenters. The first-order valence-corrected chi connectivity index (χ1v) is 8.92. The number of carbonyl (C=O) groups excluding carboxylic acids is 1. The predicted molar refractivity (Wildman–Crippen MR) is 110 cm³/mol. The summed E-state index contributed by atoms with van der Waals surface area (Å²) in [4.78, 5) is 19.5. The van der Waals surface area contributed by atoms with Gasteiger partial charge in [-0.15, -0.1) is 36.2 Å². The van der Waals surface area contributed by atoms with Crippen molar-refractivity contribution in [1.29, 1.82) is 0 Å². The van der Waals surface area contributed by atoms with Crippen LogP contribution >= 0.6 is 36.2 Å². The summed E-state index contributed by atoms with van der Waals surface area (Å²) < 4.78 is 1.20. The molecule has 4 nitrogen and oxygen atoms in total. The number of rotatable bonds is 5. The maximum atomic E-state index is 12.8. The molecule has 0 bridgehead atoms. The Hall–Kier alpha value is -1.14. The molecule has 2 atom stereocenters. The number of likely N-dealkylation sites (N-methyl/N-ethyl adjacent to an activating group) is 2. The van der Waals surface area contributed by atoms with Gasteiger partial charge < -0.3 is 10.2 Å². The second-order valence-electron chi connectivity index (χ2n) is 6.04. The van der Waals surface area contributed by atoms with E-state index in [-0.39, 0.29) is 42.6 Å². The van der Waals surface area contributed by atoms with Gasteiger partial charge in [-0.3, -0.25) is 4.79 Å². The molecule has 1 aromatic carbocycles. The standard InChI is InChI=1S/C18H23N3OS.2ClH/c1-19-11-12-21(2)18(22)14-8-4-3-7-13(14)17-20-15-9-5-6-10-16(15)23-17;;/h3-6,9-10,13-14,19H,7-8,11-12H2,1-2H3;2*1H. The zero-order valence-corrected chi connectivity index (χ0v) is 16.9. The van der Waals surface area contributed by atoms with Crippen molar-refractivity contribution in [1.82, 2.24) is 15.2 Å². The van der Waals surface area contributed by atoms with Crippen molar-refractivity contribution < 1.29 is 4.79 Å². The number of allylic oxidation sites excluding steroid dienone is 2. The minimum atomic E-state index is 0. The monoisotopic (exact) mass is 401 g/mol. The molecule has 138 valence electrons. The van der Waals surface area contributed by atoms with Gasteiger partial charge in [-0.25, -0.2) is 4.98 Å². The minimum Gasteiger partial charge on any atom is -0.344 e. The molecule has 1 aromatic heterocycles. The third-order valence-corrected chi connectivity index (χ3v) is 5.62. The Morgan fingerprint density at radius 1 is 1.28 bits per heavy atom. The number of benzene rings is 1. The summed E-state index contributed by atoms with van der Waals surface area (Å²) in [7, 11) is 3.80. The Balaban J connectivity index is 0.00000156. The third-order valence-electron chi connectivity index (χ3n) is 4.45. The summed E-state index contributed by atoms with van der Waals surface area (Å²) in [5.74, 6) is 0.429. The molecule has 3 rings (SSSR count). The smallest absolute Gasteiger partial charge is 0.226 e. The molecular formula is C18H25Cl2N3OS. The lowest BCUT2D eigenvalue weighted by molar-refractivity contribution is -0.135. The second kappa shape index (κ2) is 10.1. The van der Waals surface area contributed by atoms with Gasteiger partial charge in [0.2, 0.25) is 5.91 Å². The Morgan fingerprint density at radius 2 is 2.00 bits per heavy atom. The van der Waals surface area contributed by atoms with Crippen LogP contribution in [0.25, 0.3) is 10.2 Å². The van der Waals surface area contributed by atoms with Crippen molar-refractivity contribution >= 4 is 52.3 Å². The summed E-state index contributed by atoms with van der Waals surface area (Å²) in [6, 6.07) is 8.20. The van der Waals surface area contributed by atoms with Crippen LogP contribution in [0.15, 0.2) is 36.4 Å². The number of nitrogens with one attached hydrogen (secondary N) is 1. The number of hydrogen-bond acceptors (Lipinski definition) is 4. The number of fused-ring (bicyclic) bond motifs is 1. The highest BCUT2D eigenvalue weighted by Crippen LogP contribution is 2.39. The van der Waals surface area contributed by atoms with E-state index in [9.17, 15) is 4.79 Å². The number of para-hydroxylation sites is 1. The van der Waals surface area contributed by atoms with Crippen LogP contribution in [0.5, 0.6) is 0 Å². The molecule has 7 heteroatoms. The summed E-state index contributed by atoms with van der Waals surface area (Å²) in [6.45, 7) is 1.55. The number of halogens is 2. The largest absolute Gasteiger partial charge is 0.344 e. The Labute approximate surface area is 165 Å². The van der Waals surface area contributed by atoms with E-state index >= 15 is 0 Å². The van der Waals surface area contributed by atoms with Crippen LogP contribution in [0, 0.1) is 5.92 Å². The maximum absolute atomic E-state index is 12.8. The van der Waals surface area contributed by atoms with Gasteiger partial charge in [0.1, 0.15) is 0 Å². The summed E-state index contributed by atoms with van der Waals surface area (Å²) >= 11 is 1.73. The lowest BCUT2D eigenvalue weighted by atomic mass is 9.82. The molecule has 1 heterocycles. The number of carbonyl (C=O) groups is 1. The number of thiazole rings is 1. The van der Waals surface area contributed by atoms with Crippen LogP contribution in [0.3, 0.4) is 0 Å². The third kappa shape index (κ3) is 4.94. The van der Waals surface area contributed by atoms with Gasteiger partial charge in [-0.1, -0.05) is 24.3 Å². The molecule has 2 aromatic rings. The van der Waals surface area contributed by atoms with Crippen LogP contribution in [-0.2, 0) is 4.79 Å². The Morgan fingerprint density at radius 3 is 2.72 bits per heavy atom. The minimum absolute atomic E-state index is 0. The van der Waals surface area contributed by atoms with Crippen molar-refractivity contribution in [2.24, 2.45) is 5.92 Å². The topological polar surface area (TPSA) is 45.2 Å². The fraction of sp³-hybridized carbons (Fsp3) is 0.444. The van der Waals surface area contributed by atoms with E-state index < -0.39 is 0 Å². The van der Waals surface area contributed by atoms with Gasteiger partial charge >= 0.3 is 0 Å². The lowest BCUT2D eigenvalue weighted by Gasteiger charge is -2.30. The van der Waals surface area contributed by atoms with Crippen LogP contribution in [0.1, 0.15) is 23.8 Å². The van der Waals surface area contributed by atoms with E-state index in [1.165, 1.54) is 4.70 Å². The van der Waals surface area contributed by atoms with Crippen molar-refractivity contribution in [3.63, 3.8) is 0 Å². The lowest BCUT2D eigenvalue weighted by Crippen LogP contribution is -2.39. The SMILES string of the molecule is CNCCN(C)C(=O)C1CC=CCC1c1nc2ccccc2s1.Cl.Cl.